The van der Waals surface area contributed by atoms with Gasteiger partial charge in [0, 0.05) is 16.0 Å². The molecule has 0 bridgehead atoms. The van der Waals surface area contributed by atoms with Crippen LogP contribution in [0, 0.1) is 6.57 Å². The maximum Gasteiger partial charge on any atom is 0.259 e. The number of rotatable bonds is 6. The zero-order chi connectivity index (χ0) is 27.6. The predicted molar refractivity (Wildman–Crippen MR) is 154 cm³/mol. The minimum absolute atomic E-state index is 0.0151. The van der Waals surface area contributed by atoms with Crippen LogP contribution >= 0.6 is 11.8 Å². The van der Waals surface area contributed by atoms with Crippen LogP contribution in [0.15, 0.2) is 100 Å². The van der Waals surface area contributed by atoms with Crippen molar-refractivity contribution in [3.05, 3.63) is 108 Å². The Morgan fingerprint density at radius 1 is 1.10 bits per heavy atom. The van der Waals surface area contributed by atoms with Crippen molar-refractivity contribution in [2.75, 3.05) is 10.6 Å². The fourth-order valence-corrected chi connectivity index (χ4v) is 5.45. The molecule has 4 N–H and O–H groups in total. The first-order valence-electron chi connectivity index (χ1n) is 12.2. The minimum Gasteiger partial charge on any atom is -0.505 e. The fourth-order valence-electron chi connectivity index (χ4n) is 4.36. The summed E-state index contributed by atoms with van der Waals surface area (Å²) in [7, 11) is 0. The van der Waals surface area contributed by atoms with Crippen molar-refractivity contribution in [3.8, 4) is 5.75 Å². The number of para-hydroxylation sites is 1. The normalized spacial score (nSPS) is 14.2. The molecule has 0 saturated carbocycles. The van der Waals surface area contributed by atoms with Gasteiger partial charge in [-0.15, -0.1) is 10.2 Å². The number of phenols is 1. The monoisotopic (exact) mass is 547 g/mol. The van der Waals surface area contributed by atoms with E-state index in [1.54, 1.807) is 47.1 Å². The number of hydrogen-bond donors (Lipinski definition) is 4. The van der Waals surface area contributed by atoms with Crippen molar-refractivity contribution in [2.24, 2.45) is 10.2 Å². The molecular weight excluding hydrogens is 526 g/mol. The number of benzene rings is 4. The van der Waals surface area contributed by atoms with Gasteiger partial charge in [0.2, 0.25) is 0 Å². The number of nitrogens with one attached hydrogen (secondary N) is 2. The molecule has 0 radical (unpaired) electrons. The Labute approximate surface area is 232 Å². The average molecular weight is 548 g/mol. The lowest BCUT2D eigenvalue weighted by Crippen LogP contribution is -2.12. The summed E-state index contributed by atoms with van der Waals surface area (Å²) in [6, 6.07) is 23.4. The van der Waals surface area contributed by atoms with Gasteiger partial charge in [0.15, 0.2) is 17.1 Å². The number of aliphatic hydroxyl groups is 1. The van der Waals surface area contributed by atoms with Gasteiger partial charge in [0.05, 0.1) is 30.6 Å². The number of phenolic OH excluding ortho intramolecular Hbond substituents is 1. The van der Waals surface area contributed by atoms with Crippen molar-refractivity contribution in [1.82, 2.24) is 9.78 Å². The van der Waals surface area contributed by atoms with E-state index in [2.05, 4.69) is 30.8 Å². The number of azo groups is 1. The van der Waals surface area contributed by atoms with E-state index in [1.807, 2.05) is 36.4 Å². The van der Waals surface area contributed by atoms with Gasteiger partial charge in [-0.1, -0.05) is 60.3 Å². The molecule has 1 aliphatic heterocycles. The second kappa shape index (κ2) is 10.5. The molecule has 10 nitrogen and oxygen atoms in total. The molecule has 4 aromatic carbocycles. The van der Waals surface area contributed by atoms with Crippen LogP contribution in [-0.4, -0.2) is 25.9 Å². The van der Waals surface area contributed by atoms with E-state index in [4.69, 9.17) is 6.57 Å². The highest BCUT2D eigenvalue weighted by atomic mass is 32.2. The number of carbonyl (C=O) groups excluding carboxylic acids is 1. The molecule has 1 aliphatic rings. The summed E-state index contributed by atoms with van der Waals surface area (Å²) in [6.07, 6.45) is 1.43. The number of aromatic nitrogens is 2. The van der Waals surface area contributed by atoms with Gasteiger partial charge in [-0.3, -0.25) is 4.79 Å². The van der Waals surface area contributed by atoms with Gasteiger partial charge in [-0.25, -0.2) is 9.53 Å². The summed E-state index contributed by atoms with van der Waals surface area (Å²) in [5.41, 5.74) is 2.13. The Kier molecular flexibility index (Phi) is 6.61. The topological polar surface area (TPSA) is 128 Å². The van der Waals surface area contributed by atoms with E-state index >= 15 is 0 Å². The van der Waals surface area contributed by atoms with E-state index < -0.39 is 5.91 Å². The highest BCUT2D eigenvalue weighted by Crippen LogP contribution is 2.47. The standard InChI is InChI=1S/C29H21N7O3S/c1-30-23-15-31-36(29-33-22-8-4-5-9-24(22)40-29)27(23)35-34-25-20-7-3-2-6-18(20)14-21(26(25)38)28(39)32-19-12-10-17(16-37)11-13-19/h2-15,29,33,37-38H,16H2,(H,32,39)/b35-34+. The van der Waals surface area contributed by atoms with Gasteiger partial charge in [-0.05, 0) is 41.3 Å². The van der Waals surface area contributed by atoms with Gasteiger partial charge in [0.25, 0.3) is 11.6 Å². The zero-order valence-corrected chi connectivity index (χ0v) is 21.6. The Morgan fingerprint density at radius 2 is 1.88 bits per heavy atom. The van der Waals surface area contributed by atoms with Crippen LogP contribution in [0.1, 0.15) is 21.4 Å². The predicted octanol–water partition coefficient (Wildman–Crippen LogP) is 7.13. The van der Waals surface area contributed by atoms with Crippen LogP contribution in [0.4, 0.5) is 28.6 Å². The lowest BCUT2D eigenvalue weighted by molar-refractivity contribution is 0.102. The molecule has 1 aromatic heterocycles. The van der Waals surface area contributed by atoms with E-state index in [0.29, 0.717) is 22.0 Å². The molecule has 1 atom stereocenters. The maximum absolute atomic E-state index is 13.2. The highest BCUT2D eigenvalue weighted by molar-refractivity contribution is 8.00. The van der Waals surface area contributed by atoms with Crippen LogP contribution in [0.2, 0.25) is 0 Å². The summed E-state index contributed by atoms with van der Waals surface area (Å²) < 4.78 is 1.58. The lowest BCUT2D eigenvalue weighted by Gasteiger charge is -2.13. The van der Waals surface area contributed by atoms with E-state index in [-0.39, 0.29) is 40.6 Å². The smallest absolute Gasteiger partial charge is 0.259 e. The molecular formula is C29H21N7O3S. The number of anilines is 2. The third-order valence-corrected chi connectivity index (χ3v) is 7.53. The Morgan fingerprint density at radius 3 is 2.65 bits per heavy atom. The summed E-state index contributed by atoms with van der Waals surface area (Å²) in [6.45, 7) is 7.50. The number of hydrogen-bond acceptors (Lipinski definition) is 8. The van der Waals surface area contributed by atoms with Crippen LogP contribution in [0.3, 0.4) is 0 Å². The highest BCUT2D eigenvalue weighted by Gasteiger charge is 2.27. The van der Waals surface area contributed by atoms with E-state index in [9.17, 15) is 15.0 Å². The first-order valence-corrected chi connectivity index (χ1v) is 13.1. The summed E-state index contributed by atoms with van der Waals surface area (Å²) in [4.78, 5) is 17.8. The molecule has 5 aromatic rings. The largest absolute Gasteiger partial charge is 0.505 e. The number of aromatic hydroxyl groups is 1. The third kappa shape index (κ3) is 4.62. The number of carbonyl (C=O) groups is 1. The second-order valence-corrected chi connectivity index (χ2v) is 9.99. The van der Waals surface area contributed by atoms with Crippen molar-refractivity contribution >= 4 is 57.0 Å². The Bertz CT molecular complexity index is 1800. The van der Waals surface area contributed by atoms with Crippen LogP contribution in [-0.2, 0) is 6.61 Å². The second-order valence-electron chi connectivity index (χ2n) is 8.87. The van der Waals surface area contributed by atoms with Crippen LogP contribution in [0.25, 0.3) is 15.6 Å². The molecule has 0 fully saturated rings. The van der Waals surface area contributed by atoms with Gasteiger partial charge < -0.3 is 20.8 Å². The number of aliphatic hydroxyl groups excluding tert-OH is 1. The summed E-state index contributed by atoms with van der Waals surface area (Å²) in [5.74, 6) is -0.661. The molecule has 0 aliphatic carbocycles. The first-order chi connectivity index (χ1) is 19.6. The van der Waals surface area contributed by atoms with Crippen LogP contribution < -0.4 is 10.6 Å². The first kappa shape index (κ1) is 25.1. The Hall–Kier alpha value is -5.18. The molecule has 40 heavy (non-hydrogen) atoms. The molecule has 2 heterocycles. The van der Waals surface area contributed by atoms with Crippen molar-refractivity contribution < 1.29 is 15.0 Å². The maximum atomic E-state index is 13.2. The molecule has 1 unspecified atom stereocenters. The van der Waals surface area contributed by atoms with Crippen molar-refractivity contribution in [3.63, 3.8) is 0 Å². The quantitative estimate of drug-likeness (QED) is 0.132. The number of amides is 1. The summed E-state index contributed by atoms with van der Waals surface area (Å²) >= 11 is 1.53. The van der Waals surface area contributed by atoms with Gasteiger partial charge >= 0.3 is 0 Å². The van der Waals surface area contributed by atoms with Gasteiger partial charge in [-0.2, -0.15) is 5.10 Å². The number of thioether (sulfide) groups is 1. The van der Waals surface area contributed by atoms with Gasteiger partial charge in [0.1, 0.15) is 5.69 Å². The number of nitrogens with zero attached hydrogens (tertiary/aromatic N) is 5. The van der Waals surface area contributed by atoms with Crippen LogP contribution in [0.5, 0.6) is 5.75 Å². The molecule has 196 valence electrons. The Balaban J connectivity index is 1.37. The zero-order valence-electron chi connectivity index (χ0n) is 20.8. The molecule has 11 heteroatoms. The SMILES string of the molecule is [C-]#[N+]c1cnn(C2Nc3ccccc3S2)c1/N=N/c1c(O)c(C(=O)Nc2ccc(CO)cc2)cc2ccccc12. The van der Waals surface area contributed by atoms with E-state index in [0.717, 1.165) is 10.6 Å². The third-order valence-electron chi connectivity index (χ3n) is 6.38. The van der Waals surface area contributed by atoms with Crippen molar-refractivity contribution in [1.29, 1.82) is 0 Å². The minimum atomic E-state index is -0.535. The van der Waals surface area contributed by atoms with E-state index in [1.165, 1.54) is 18.0 Å². The number of fused-ring (bicyclic) bond motifs is 2. The lowest BCUT2D eigenvalue weighted by atomic mass is 10.0. The fraction of sp³-hybridized carbons (Fsp3) is 0.0690. The van der Waals surface area contributed by atoms with Crippen molar-refractivity contribution in [2.45, 2.75) is 17.0 Å². The summed E-state index contributed by atoms with van der Waals surface area (Å²) in [5, 5.41) is 41.0. The average Bonchev–Trinajstić information content (AvgIpc) is 3.60. The molecule has 1 amide bonds. The molecule has 6 rings (SSSR count). The molecule has 0 saturated heterocycles. The molecule has 0 spiro atoms.